The van der Waals surface area contributed by atoms with Crippen molar-refractivity contribution in [3.63, 3.8) is 0 Å². The fourth-order valence-corrected chi connectivity index (χ4v) is 2.16. The number of nitrogens with two attached hydrogens (primary N) is 1. The van der Waals surface area contributed by atoms with Crippen molar-refractivity contribution in [3.05, 3.63) is 34.9 Å². The van der Waals surface area contributed by atoms with E-state index < -0.39 is 17.7 Å². The van der Waals surface area contributed by atoms with Crippen LogP contribution in [0.1, 0.15) is 12.5 Å². The van der Waals surface area contributed by atoms with Crippen LogP contribution in [0.15, 0.2) is 24.3 Å². The maximum Gasteiger partial charge on any atom is 0.490 e. The number of carbonyl (C=O) groups excluding carboxylic acids is 1. The summed E-state index contributed by atoms with van der Waals surface area (Å²) in [5.41, 5.74) is 6.24. The molecule has 0 radical (unpaired) electrons. The maximum atomic E-state index is 11.5. The summed E-state index contributed by atoms with van der Waals surface area (Å²) in [6, 6.07) is 7.70. The highest BCUT2D eigenvalue weighted by Gasteiger charge is 2.44. The van der Waals surface area contributed by atoms with E-state index >= 15 is 0 Å². The number of nitrogens with zero attached hydrogens (tertiary/aromatic N) is 1. The van der Waals surface area contributed by atoms with Crippen LogP contribution in [0, 0.1) is 0 Å². The van der Waals surface area contributed by atoms with Gasteiger partial charge in [-0.25, -0.2) is 4.79 Å². The topological polar surface area (TPSA) is 83.6 Å². The minimum Gasteiger partial charge on any atom is -0.475 e. The van der Waals surface area contributed by atoms with Crippen molar-refractivity contribution < 1.29 is 27.9 Å². The fourth-order valence-electron chi connectivity index (χ4n) is 1.94. The third kappa shape index (κ3) is 5.72. The molecule has 1 saturated heterocycles. The minimum atomic E-state index is -5.08. The highest BCUT2D eigenvalue weighted by molar-refractivity contribution is 6.30. The first-order valence-corrected chi connectivity index (χ1v) is 6.94. The molecule has 3 N–H and O–H groups in total. The molecule has 1 aliphatic heterocycles. The number of carboxylic acid groups (broad SMARTS) is 1. The monoisotopic (exact) mass is 352 g/mol. The van der Waals surface area contributed by atoms with Crippen LogP contribution in [0.4, 0.5) is 13.2 Å². The van der Waals surface area contributed by atoms with Gasteiger partial charge in [0.05, 0.1) is 0 Å². The van der Waals surface area contributed by atoms with Crippen LogP contribution in [0.25, 0.3) is 0 Å². The molecular formula is C14H16ClF3N2O3. The largest absolute Gasteiger partial charge is 0.490 e. The third-order valence-electron chi connectivity index (χ3n) is 3.10. The summed E-state index contributed by atoms with van der Waals surface area (Å²) >= 11 is 5.88. The zero-order valence-corrected chi connectivity index (χ0v) is 13.0. The highest BCUT2D eigenvalue weighted by atomic mass is 35.5. The Morgan fingerprint density at radius 1 is 1.48 bits per heavy atom. The van der Waals surface area contributed by atoms with Gasteiger partial charge in [-0.15, -0.1) is 0 Å². The zero-order valence-electron chi connectivity index (χ0n) is 12.2. The number of carbonyl (C=O) groups is 2. The standard InChI is InChI=1S/C12H15ClN2O.C2HF3O2/c1-12(14)8-15(11(12)16)6-5-9-3-2-4-10(13)7-9;3-2(4,5)1(6)7/h2-4,7H,5-6,8,14H2,1H3;(H,6,7). The number of amides is 1. The smallest absolute Gasteiger partial charge is 0.475 e. The summed E-state index contributed by atoms with van der Waals surface area (Å²) in [4.78, 5) is 22.2. The summed E-state index contributed by atoms with van der Waals surface area (Å²) in [5, 5.41) is 7.86. The van der Waals surface area contributed by atoms with E-state index in [0.29, 0.717) is 13.1 Å². The highest BCUT2D eigenvalue weighted by Crippen LogP contribution is 2.20. The van der Waals surface area contributed by atoms with Gasteiger partial charge in [-0.05, 0) is 31.0 Å². The van der Waals surface area contributed by atoms with Crippen LogP contribution >= 0.6 is 11.6 Å². The van der Waals surface area contributed by atoms with Gasteiger partial charge in [-0.1, -0.05) is 23.7 Å². The molecule has 1 amide bonds. The Labute approximate surface area is 135 Å². The molecule has 9 heteroatoms. The number of hydrogen-bond acceptors (Lipinski definition) is 3. The molecule has 1 aromatic carbocycles. The van der Waals surface area contributed by atoms with Crippen molar-refractivity contribution in [2.75, 3.05) is 13.1 Å². The molecular weight excluding hydrogens is 337 g/mol. The first kappa shape index (κ1) is 19.2. The number of likely N-dealkylation sites (tertiary alicyclic amines) is 1. The van der Waals surface area contributed by atoms with Crippen molar-refractivity contribution in [2.24, 2.45) is 5.73 Å². The lowest BCUT2D eigenvalue weighted by atomic mass is 9.92. The van der Waals surface area contributed by atoms with Gasteiger partial charge in [0.1, 0.15) is 5.54 Å². The number of halogens is 4. The van der Waals surface area contributed by atoms with E-state index in [1.807, 2.05) is 24.3 Å². The number of alkyl halides is 3. The SMILES string of the molecule is CC1(N)CN(CCc2cccc(Cl)c2)C1=O.O=C(O)C(F)(F)F. The summed E-state index contributed by atoms with van der Waals surface area (Å²) in [6.45, 7) is 3.13. The van der Waals surface area contributed by atoms with Crippen LogP contribution < -0.4 is 5.73 Å². The van der Waals surface area contributed by atoms with E-state index in [0.717, 1.165) is 17.0 Å². The zero-order chi connectivity index (χ0) is 17.8. The summed E-state index contributed by atoms with van der Waals surface area (Å²) in [5.74, 6) is -2.72. The second-order valence-corrected chi connectivity index (χ2v) is 5.76. The Hall–Kier alpha value is -1.80. The summed E-state index contributed by atoms with van der Waals surface area (Å²) < 4.78 is 31.7. The molecule has 0 saturated carbocycles. The number of rotatable bonds is 3. The molecule has 23 heavy (non-hydrogen) atoms. The first-order chi connectivity index (χ1) is 10.4. The molecule has 1 heterocycles. The van der Waals surface area contributed by atoms with Crippen LogP contribution in [0.2, 0.25) is 5.02 Å². The van der Waals surface area contributed by atoms with Crippen molar-refractivity contribution >= 4 is 23.5 Å². The molecule has 0 spiro atoms. The molecule has 1 unspecified atom stereocenters. The van der Waals surface area contributed by atoms with E-state index in [2.05, 4.69) is 0 Å². The molecule has 128 valence electrons. The average molecular weight is 353 g/mol. The molecule has 0 bridgehead atoms. The van der Waals surface area contributed by atoms with Gasteiger partial charge in [-0.2, -0.15) is 13.2 Å². The molecule has 1 atom stereocenters. The Morgan fingerprint density at radius 2 is 2.04 bits per heavy atom. The van der Waals surface area contributed by atoms with E-state index in [1.54, 1.807) is 11.8 Å². The van der Waals surface area contributed by atoms with E-state index in [-0.39, 0.29) is 5.91 Å². The lowest BCUT2D eigenvalue weighted by Gasteiger charge is -2.44. The van der Waals surface area contributed by atoms with Crippen molar-refractivity contribution in [1.29, 1.82) is 0 Å². The van der Waals surface area contributed by atoms with E-state index in [9.17, 15) is 18.0 Å². The van der Waals surface area contributed by atoms with Gasteiger partial charge >= 0.3 is 12.1 Å². The Bertz CT molecular complexity index is 591. The van der Waals surface area contributed by atoms with E-state index in [1.165, 1.54) is 0 Å². The van der Waals surface area contributed by atoms with Gasteiger partial charge in [0, 0.05) is 18.1 Å². The Kier molecular flexibility index (Phi) is 6.01. The minimum absolute atomic E-state index is 0.0366. The van der Waals surface area contributed by atoms with Gasteiger partial charge < -0.3 is 15.7 Å². The van der Waals surface area contributed by atoms with Gasteiger partial charge in [0.25, 0.3) is 0 Å². The molecule has 5 nitrogen and oxygen atoms in total. The summed E-state index contributed by atoms with van der Waals surface area (Å²) in [6.07, 6.45) is -4.26. The first-order valence-electron chi connectivity index (χ1n) is 6.56. The molecule has 0 aromatic heterocycles. The second kappa shape index (κ2) is 7.18. The molecule has 1 aliphatic rings. The summed E-state index contributed by atoms with van der Waals surface area (Å²) in [7, 11) is 0. The van der Waals surface area contributed by atoms with Crippen molar-refractivity contribution in [1.82, 2.24) is 4.90 Å². The van der Waals surface area contributed by atoms with E-state index in [4.69, 9.17) is 27.2 Å². The third-order valence-corrected chi connectivity index (χ3v) is 3.33. The van der Waals surface area contributed by atoms with Crippen LogP contribution in [-0.4, -0.2) is 46.7 Å². The predicted octanol–water partition coefficient (Wildman–Crippen LogP) is 2.08. The maximum absolute atomic E-state index is 11.5. The van der Waals surface area contributed by atoms with Crippen LogP contribution in [-0.2, 0) is 16.0 Å². The fraction of sp³-hybridized carbons (Fsp3) is 0.429. The van der Waals surface area contributed by atoms with Gasteiger partial charge in [-0.3, -0.25) is 4.79 Å². The average Bonchev–Trinajstić information content (AvgIpc) is 2.42. The molecule has 1 fully saturated rings. The Balaban J connectivity index is 0.000000322. The lowest BCUT2D eigenvalue weighted by molar-refractivity contribution is -0.192. The number of carboxylic acids is 1. The van der Waals surface area contributed by atoms with Crippen LogP contribution in [0.3, 0.4) is 0 Å². The molecule has 2 rings (SSSR count). The number of β-lactam (4-membered cyclic amide) rings is 1. The number of aliphatic carboxylic acids is 1. The lowest BCUT2D eigenvalue weighted by Crippen LogP contribution is -2.70. The predicted molar refractivity (Wildman–Crippen MR) is 78.0 cm³/mol. The number of benzene rings is 1. The van der Waals surface area contributed by atoms with Crippen molar-refractivity contribution in [2.45, 2.75) is 25.1 Å². The molecule has 1 aromatic rings. The quantitative estimate of drug-likeness (QED) is 0.816. The Morgan fingerprint density at radius 3 is 2.43 bits per heavy atom. The molecule has 0 aliphatic carbocycles. The van der Waals surface area contributed by atoms with Gasteiger partial charge in [0.2, 0.25) is 5.91 Å². The van der Waals surface area contributed by atoms with Crippen molar-refractivity contribution in [3.8, 4) is 0 Å². The van der Waals surface area contributed by atoms with Gasteiger partial charge in [0.15, 0.2) is 0 Å². The second-order valence-electron chi connectivity index (χ2n) is 5.33. The normalized spacial score (nSPS) is 20.4. The number of hydrogen-bond donors (Lipinski definition) is 2. The van der Waals surface area contributed by atoms with Crippen LogP contribution in [0.5, 0.6) is 0 Å².